The van der Waals surface area contributed by atoms with E-state index in [2.05, 4.69) is 0 Å². The van der Waals surface area contributed by atoms with Crippen molar-refractivity contribution in [3.63, 3.8) is 0 Å². The quantitative estimate of drug-likeness (QED) is 0.385. The van der Waals surface area contributed by atoms with Crippen molar-refractivity contribution in [2.45, 2.75) is 32.3 Å². The lowest BCUT2D eigenvalue weighted by Gasteiger charge is -2.41. The summed E-state index contributed by atoms with van der Waals surface area (Å²) in [7, 11) is 0. The van der Waals surface area contributed by atoms with Gasteiger partial charge in [-0.2, -0.15) is 0 Å². The van der Waals surface area contributed by atoms with Crippen LogP contribution in [0.4, 0.5) is 5.69 Å². The van der Waals surface area contributed by atoms with Gasteiger partial charge < -0.3 is 9.52 Å². The molecule has 1 aromatic carbocycles. The largest absolute Gasteiger partial charge is 0.463 e. The summed E-state index contributed by atoms with van der Waals surface area (Å²) in [5.41, 5.74) is 2.35. The monoisotopic (exact) mass is 503 g/mol. The second-order valence-electron chi connectivity index (χ2n) is 9.68. The van der Waals surface area contributed by atoms with Crippen molar-refractivity contribution in [2.75, 3.05) is 4.90 Å². The lowest BCUT2D eigenvalue weighted by molar-refractivity contribution is -0.123. The van der Waals surface area contributed by atoms with E-state index in [0.717, 1.165) is 5.57 Å². The molecule has 8 heteroatoms. The topological polar surface area (TPSA) is 105 Å². The minimum Gasteiger partial charge on any atom is -0.463 e. The van der Waals surface area contributed by atoms with E-state index in [4.69, 9.17) is 16.0 Å². The summed E-state index contributed by atoms with van der Waals surface area (Å²) in [5, 5.41) is 10.0. The Balaban J connectivity index is 1.47. The second kappa shape index (κ2) is 8.25. The van der Waals surface area contributed by atoms with Gasteiger partial charge in [0.2, 0.25) is 11.8 Å². The standard InChI is InChI=1S/C28H22ClNO6/c1-13-10-21(32)24-20(26(13)33)11-19-17(25(24)22-9-6-16(12-31)36-22)7-8-18-23(19)28(35)30(27(18)34)15-4-2-14(29)3-5-15/h2-7,9-10,18-19,23,25,31H,8,11-12H2,1H3/t18-,19+,23-,25+/m0/s1. The molecule has 3 aliphatic carbocycles. The lowest BCUT2D eigenvalue weighted by Crippen LogP contribution is -2.39. The Morgan fingerprint density at radius 1 is 1.03 bits per heavy atom. The summed E-state index contributed by atoms with van der Waals surface area (Å²) in [5.74, 6) is -2.62. The number of nitrogens with zero attached hydrogens (tertiary/aromatic N) is 1. The van der Waals surface area contributed by atoms with Gasteiger partial charge >= 0.3 is 0 Å². The van der Waals surface area contributed by atoms with Crippen LogP contribution in [-0.2, 0) is 25.8 Å². The van der Waals surface area contributed by atoms with Gasteiger partial charge in [0.25, 0.3) is 0 Å². The molecule has 182 valence electrons. The average molecular weight is 504 g/mol. The van der Waals surface area contributed by atoms with Gasteiger partial charge in [0, 0.05) is 21.7 Å². The predicted molar refractivity (Wildman–Crippen MR) is 130 cm³/mol. The van der Waals surface area contributed by atoms with Crippen LogP contribution in [0, 0.1) is 17.8 Å². The summed E-state index contributed by atoms with van der Waals surface area (Å²) in [6.07, 6.45) is 3.83. The molecule has 0 unspecified atom stereocenters. The Morgan fingerprint density at radius 3 is 2.47 bits per heavy atom. The normalized spacial score (nSPS) is 27.6. The average Bonchev–Trinajstić information content (AvgIpc) is 3.44. The van der Waals surface area contributed by atoms with Crippen molar-refractivity contribution < 1.29 is 28.7 Å². The van der Waals surface area contributed by atoms with Crippen LogP contribution in [0.2, 0.25) is 5.02 Å². The van der Waals surface area contributed by atoms with Gasteiger partial charge in [-0.25, -0.2) is 0 Å². The summed E-state index contributed by atoms with van der Waals surface area (Å²) in [6, 6.07) is 9.88. The zero-order valence-electron chi connectivity index (χ0n) is 19.4. The molecule has 4 atom stereocenters. The molecule has 0 radical (unpaired) electrons. The van der Waals surface area contributed by atoms with E-state index in [1.54, 1.807) is 43.3 Å². The maximum atomic E-state index is 13.8. The number of ketones is 2. The molecule has 0 saturated carbocycles. The summed E-state index contributed by atoms with van der Waals surface area (Å²) in [4.78, 5) is 54.8. The first-order valence-electron chi connectivity index (χ1n) is 11.8. The third-order valence-corrected chi connectivity index (χ3v) is 8.02. The molecule has 6 rings (SSSR count). The van der Waals surface area contributed by atoms with E-state index < -0.39 is 23.7 Å². The number of amides is 2. The van der Waals surface area contributed by atoms with Crippen molar-refractivity contribution in [1.82, 2.24) is 0 Å². The molecule has 2 aromatic rings. The van der Waals surface area contributed by atoms with Gasteiger partial charge in [-0.3, -0.25) is 24.1 Å². The van der Waals surface area contributed by atoms with Gasteiger partial charge in [0.05, 0.1) is 23.4 Å². The SMILES string of the molecule is CC1=CC(=O)C2=C(C[C@@H]3C(=CC[C@@H]4C(=O)N(c5ccc(Cl)cc5)C(=O)[C@@H]43)[C@@H]2c2ccc(CO)o2)C1=O. The molecule has 1 saturated heterocycles. The summed E-state index contributed by atoms with van der Waals surface area (Å²) < 4.78 is 5.86. The summed E-state index contributed by atoms with van der Waals surface area (Å²) in [6.45, 7) is 1.30. The third-order valence-electron chi connectivity index (χ3n) is 7.77. The number of furan rings is 1. The molecule has 4 aliphatic rings. The maximum absolute atomic E-state index is 13.8. The van der Waals surface area contributed by atoms with E-state index in [1.165, 1.54) is 11.0 Å². The van der Waals surface area contributed by atoms with Gasteiger partial charge in [0.1, 0.15) is 18.1 Å². The number of carbonyl (C=O) groups excluding carboxylic acids is 4. The minimum absolute atomic E-state index is 0.204. The Labute approximate surface area is 211 Å². The Kier molecular flexibility index (Phi) is 5.24. The van der Waals surface area contributed by atoms with Crippen molar-refractivity contribution >= 4 is 40.7 Å². The molecule has 36 heavy (non-hydrogen) atoms. The van der Waals surface area contributed by atoms with Crippen molar-refractivity contribution in [3.05, 3.63) is 87.4 Å². The van der Waals surface area contributed by atoms with E-state index in [-0.39, 0.29) is 36.4 Å². The second-order valence-corrected chi connectivity index (χ2v) is 10.1. The van der Waals surface area contributed by atoms with E-state index >= 15 is 0 Å². The highest BCUT2D eigenvalue weighted by Gasteiger charge is 2.57. The molecule has 2 amide bonds. The number of allylic oxidation sites excluding steroid dienone is 6. The highest BCUT2D eigenvalue weighted by molar-refractivity contribution is 6.31. The maximum Gasteiger partial charge on any atom is 0.238 e. The molecular formula is C28H22ClNO6. The van der Waals surface area contributed by atoms with Gasteiger partial charge in [-0.15, -0.1) is 0 Å². The first-order chi connectivity index (χ1) is 17.3. The zero-order valence-corrected chi connectivity index (χ0v) is 20.1. The molecule has 0 bridgehead atoms. The van der Waals surface area contributed by atoms with Crippen molar-refractivity contribution in [1.29, 1.82) is 0 Å². The molecular weight excluding hydrogens is 482 g/mol. The van der Waals surface area contributed by atoms with Gasteiger partial charge in [-0.1, -0.05) is 23.3 Å². The molecule has 0 spiro atoms. The number of aliphatic hydroxyl groups excluding tert-OH is 1. The molecule has 1 aromatic heterocycles. The number of Topliss-reactive ketones (excluding diaryl/α,β-unsaturated/α-hetero) is 1. The molecule has 1 aliphatic heterocycles. The smallest absolute Gasteiger partial charge is 0.238 e. The van der Waals surface area contributed by atoms with E-state index in [9.17, 15) is 24.3 Å². The van der Waals surface area contributed by atoms with Crippen LogP contribution in [0.5, 0.6) is 0 Å². The number of halogens is 1. The lowest BCUT2D eigenvalue weighted by atomic mass is 9.60. The highest BCUT2D eigenvalue weighted by Crippen LogP contribution is 2.55. The Morgan fingerprint density at radius 2 is 1.78 bits per heavy atom. The van der Waals surface area contributed by atoms with Crippen LogP contribution in [0.15, 0.2) is 75.3 Å². The number of aliphatic hydroxyl groups is 1. The number of imide groups is 1. The van der Waals surface area contributed by atoms with Gasteiger partial charge in [0.15, 0.2) is 11.6 Å². The first-order valence-corrected chi connectivity index (χ1v) is 12.2. The number of anilines is 1. The number of carbonyl (C=O) groups is 4. The predicted octanol–water partition coefficient (Wildman–Crippen LogP) is 4.06. The number of hydrogen-bond acceptors (Lipinski definition) is 6. The molecule has 1 N–H and O–H groups in total. The Bertz CT molecular complexity index is 1440. The van der Waals surface area contributed by atoms with Crippen LogP contribution < -0.4 is 4.90 Å². The fourth-order valence-corrected chi connectivity index (χ4v) is 6.31. The number of hydrogen-bond donors (Lipinski definition) is 1. The number of benzene rings is 1. The fourth-order valence-electron chi connectivity index (χ4n) is 6.19. The number of rotatable bonds is 3. The van der Waals surface area contributed by atoms with Crippen LogP contribution in [0.1, 0.15) is 37.2 Å². The van der Waals surface area contributed by atoms with Crippen LogP contribution in [0.25, 0.3) is 0 Å². The fraction of sp³-hybridized carbons (Fsp3) is 0.286. The highest BCUT2D eigenvalue weighted by atomic mass is 35.5. The molecule has 1 fully saturated rings. The number of fused-ring (bicyclic) bond motifs is 3. The van der Waals surface area contributed by atoms with Crippen LogP contribution >= 0.6 is 11.6 Å². The Hall–Kier alpha value is -3.55. The minimum atomic E-state index is -0.661. The van der Waals surface area contributed by atoms with Crippen LogP contribution in [-0.4, -0.2) is 28.5 Å². The third kappa shape index (κ3) is 3.23. The molecule has 7 nitrogen and oxygen atoms in total. The van der Waals surface area contributed by atoms with Gasteiger partial charge in [-0.05, 0) is 68.2 Å². The first kappa shape index (κ1) is 22.9. The molecule has 2 heterocycles. The van der Waals surface area contributed by atoms with E-state index in [0.29, 0.717) is 45.4 Å². The van der Waals surface area contributed by atoms with E-state index in [1.807, 2.05) is 6.08 Å². The van der Waals surface area contributed by atoms with Crippen molar-refractivity contribution in [2.24, 2.45) is 17.8 Å². The van der Waals surface area contributed by atoms with Crippen molar-refractivity contribution in [3.8, 4) is 0 Å². The van der Waals surface area contributed by atoms with Crippen LogP contribution in [0.3, 0.4) is 0 Å². The zero-order chi connectivity index (χ0) is 25.3. The summed E-state index contributed by atoms with van der Waals surface area (Å²) >= 11 is 6.00.